The largest absolute Gasteiger partial charge is 0.373 e. The average molecular weight is 284 g/mol. The molecule has 0 fully saturated rings. The Hall–Kier alpha value is -2.10. The summed E-state index contributed by atoms with van der Waals surface area (Å²) in [4.78, 5) is 11.3. The number of benzene rings is 1. The van der Waals surface area contributed by atoms with Crippen LogP contribution < -0.4 is 10.2 Å². The molecule has 0 aliphatic heterocycles. The molecule has 4 nitrogen and oxygen atoms in total. The molecular weight excluding hydrogens is 260 g/mol. The predicted molar refractivity (Wildman–Crippen MR) is 89.6 cm³/mol. The molecule has 0 bridgehead atoms. The quantitative estimate of drug-likeness (QED) is 0.905. The zero-order chi connectivity index (χ0) is 15.4. The van der Waals surface area contributed by atoms with Crippen molar-refractivity contribution in [2.24, 2.45) is 0 Å². The third-order valence-electron chi connectivity index (χ3n) is 3.55. The first-order chi connectivity index (χ1) is 10.0. The summed E-state index contributed by atoms with van der Waals surface area (Å²) < 4.78 is 0. The SMILES string of the molecule is CCCc1nc(NC)cc(N(C)c2ccc(C)cc2C)n1. The zero-order valence-corrected chi connectivity index (χ0v) is 13.6. The van der Waals surface area contributed by atoms with Gasteiger partial charge in [-0.25, -0.2) is 9.97 Å². The number of nitrogens with one attached hydrogen (secondary N) is 1. The molecule has 2 aromatic rings. The van der Waals surface area contributed by atoms with Crippen LogP contribution in [0.15, 0.2) is 24.3 Å². The van der Waals surface area contributed by atoms with E-state index in [-0.39, 0.29) is 0 Å². The zero-order valence-electron chi connectivity index (χ0n) is 13.6. The van der Waals surface area contributed by atoms with Crippen LogP contribution in [0.1, 0.15) is 30.3 Å². The smallest absolute Gasteiger partial charge is 0.138 e. The van der Waals surface area contributed by atoms with Crippen LogP contribution in [0.25, 0.3) is 0 Å². The first kappa shape index (κ1) is 15.3. The molecule has 4 heteroatoms. The van der Waals surface area contributed by atoms with Gasteiger partial charge in [-0.3, -0.25) is 0 Å². The standard InChI is InChI=1S/C17H24N4/c1-6-7-15-19-16(18-4)11-17(20-15)21(5)14-9-8-12(2)10-13(14)3/h8-11H,6-7H2,1-5H3,(H,18,19,20). The lowest BCUT2D eigenvalue weighted by Gasteiger charge is -2.22. The average Bonchev–Trinajstić information content (AvgIpc) is 2.46. The molecule has 0 saturated carbocycles. The van der Waals surface area contributed by atoms with E-state index in [1.807, 2.05) is 13.1 Å². The fourth-order valence-corrected chi connectivity index (χ4v) is 2.42. The minimum Gasteiger partial charge on any atom is -0.373 e. The maximum absolute atomic E-state index is 4.69. The van der Waals surface area contributed by atoms with Gasteiger partial charge in [0.1, 0.15) is 17.5 Å². The van der Waals surface area contributed by atoms with Crippen molar-refractivity contribution < 1.29 is 0 Å². The van der Waals surface area contributed by atoms with Gasteiger partial charge in [-0.15, -0.1) is 0 Å². The first-order valence-electron chi connectivity index (χ1n) is 7.41. The van der Waals surface area contributed by atoms with E-state index >= 15 is 0 Å². The van der Waals surface area contributed by atoms with E-state index < -0.39 is 0 Å². The van der Waals surface area contributed by atoms with Gasteiger partial charge in [0.2, 0.25) is 0 Å². The Labute approximate surface area is 127 Å². The Bertz CT molecular complexity index is 622. The minimum atomic E-state index is 0.861. The molecule has 0 atom stereocenters. The van der Waals surface area contributed by atoms with Crippen molar-refractivity contribution in [1.82, 2.24) is 9.97 Å². The third-order valence-corrected chi connectivity index (χ3v) is 3.55. The lowest BCUT2D eigenvalue weighted by atomic mass is 10.1. The minimum absolute atomic E-state index is 0.861. The summed E-state index contributed by atoms with van der Waals surface area (Å²) in [6.07, 6.45) is 1.93. The van der Waals surface area contributed by atoms with Crippen molar-refractivity contribution in [2.45, 2.75) is 33.6 Å². The van der Waals surface area contributed by atoms with Crippen molar-refractivity contribution in [3.8, 4) is 0 Å². The van der Waals surface area contributed by atoms with E-state index in [1.54, 1.807) is 0 Å². The summed E-state index contributed by atoms with van der Waals surface area (Å²) in [5, 5.41) is 3.12. The van der Waals surface area contributed by atoms with Crippen molar-refractivity contribution in [3.05, 3.63) is 41.2 Å². The summed E-state index contributed by atoms with van der Waals surface area (Å²) in [6.45, 7) is 6.38. The molecule has 21 heavy (non-hydrogen) atoms. The second kappa shape index (κ2) is 6.57. The van der Waals surface area contributed by atoms with E-state index in [2.05, 4.69) is 66.2 Å². The maximum atomic E-state index is 4.69. The van der Waals surface area contributed by atoms with Crippen LogP contribution >= 0.6 is 0 Å². The van der Waals surface area contributed by atoms with E-state index in [9.17, 15) is 0 Å². The van der Waals surface area contributed by atoms with Gasteiger partial charge >= 0.3 is 0 Å². The molecule has 0 aliphatic rings. The molecule has 0 unspecified atom stereocenters. The normalized spacial score (nSPS) is 10.5. The Balaban J connectivity index is 2.41. The molecule has 0 amide bonds. The van der Waals surface area contributed by atoms with E-state index in [1.165, 1.54) is 16.8 Å². The maximum Gasteiger partial charge on any atom is 0.138 e. The topological polar surface area (TPSA) is 41.1 Å². The number of hydrogen-bond donors (Lipinski definition) is 1. The molecule has 1 aromatic heterocycles. The summed E-state index contributed by atoms with van der Waals surface area (Å²) in [6, 6.07) is 8.45. The number of aromatic nitrogens is 2. The summed E-state index contributed by atoms with van der Waals surface area (Å²) in [5.41, 5.74) is 3.69. The summed E-state index contributed by atoms with van der Waals surface area (Å²) in [5.74, 6) is 2.67. The van der Waals surface area contributed by atoms with Gasteiger partial charge in [0, 0.05) is 32.3 Å². The first-order valence-corrected chi connectivity index (χ1v) is 7.41. The fraction of sp³-hybridized carbons (Fsp3) is 0.412. The lowest BCUT2D eigenvalue weighted by molar-refractivity contribution is 0.832. The van der Waals surface area contributed by atoms with Gasteiger partial charge in [-0.05, 0) is 31.9 Å². The number of anilines is 3. The Morgan fingerprint density at radius 1 is 1.14 bits per heavy atom. The molecule has 0 aliphatic carbocycles. The number of nitrogens with zero attached hydrogens (tertiary/aromatic N) is 3. The highest BCUT2D eigenvalue weighted by molar-refractivity contribution is 5.65. The van der Waals surface area contributed by atoms with Crippen LogP contribution in [0.4, 0.5) is 17.3 Å². The molecule has 1 N–H and O–H groups in total. The summed E-state index contributed by atoms with van der Waals surface area (Å²) in [7, 11) is 3.94. The van der Waals surface area contributed by atoms with Gasteiger partial charge in [-0.2, -0.15) is 0 Å². The van der Waals surface area contributed by atoms with Crippen molar-refractivity contribution in [2.75, 3.05) is 24.3 Å². The number of rotatable bonds is 5. The molecule has 112 valence electrons. The Kier molecular flexibility index (Phi) is 4.78. The molecule has 0 saturated heterocycles. The lowest BCUT2D eigenvalue weighted by Crippen LogP contribution is -2.15. The van der Waals surface area contributed by atoms with Crippen molar-refractivity contribution in [3.63, 3.8) is 0 Å². The highest BCUT2D eigenvalue weighted by Gasteiger charge is 2.11. The van der Waals surface area contributed by atoms with Gasteiger partial charge in [0.05, 0.1) is 0 Å². The Morgan fingerprint density at radius 2 is 1.90 bits per heavy atom. The van der Waals surface area contributed by atoms with Gasteiger partial charge in [-0.1, -0.05) is 24.6 Å². The third kappa shape index (κ3) is 3.51. The highest BCUT2D eigenvalue weighted by Crippen LogP contribution is 2.27. The molecule has 0 spiro atoms. The molecule has 1 aromatic carbocycles. The van der Waals surface area contributed by atoms with Crippen LogP contribution in [0, 0.1) is 13.8 Å². The fourth-order valence-electron chi connectivity index (χ4n) is 2.42. The van der Waals surface area contributed by atoms with Crippen molar-refractivity contribution in [1.29, 1.82) is 0 Å². The van der Waals surface area contributed by atoms with Gasteiger partial charge in [0.25, 0.3) is 0 Å². The molecule has 1 heterocycles. The molecule has 2 rings (SSSR count). The van der Waals surface area contributed by atoms with Crippen LogP contribution in [0.3, 0.4) is 0 Å². The molecule has 0 radical (unpaired) electrons. The second-order valence-electron chi connectivity index (χ2n) is 5.38. The van der Waals surface area contributed by atoms with Crippen LogP contribution in [-0.4, -0.2) is 24.1 Å². The Morgan fingerprint density at radius 3 is 2.52 bits per heavy atom. The van der Waals surface area contributed by atoms with E-state index in [0.29, 0.717) is 0 Å². The number of aryl methyl sites for hydroxylation is 3. The highest BCUT2D eigenvalue weighted by atomic mass is 15.2. The van der Waals surface area contributed by atoms with Crippen LogP contribution in [-0.2, 0) is 6.42 Å². The van der Waals surface area contributed by atoms with E-state index in [4.69, 9.17) is 0 Å². The van der Waals surface area contributed by atoms with Gasteiger partial charge < -0.3 is 10.2 Å². The second-order valence-corrected chi connectivity index (χ2v) is 5.38. The van der Waals surface area contributed by atoms with Crippen LogP contribution in [0.2, 0.25) is 0 Å². The van der Waals surface area contributed by atoms with Crippen molar-refractivity contribution >= 4 is 17.3 Å². The van der Waals surface area contributed by atoms with Crippen LogP contribution in [0.5, 0.6) is 0 Å². The van der Waals surface area contributed by atoms with E-state index in [0.717, 1.165) is 30.3 Å². The number of hydrogen-bond acceptors (Lipinski definition) is 4. The predicted octanol–water partition coefficient (Wildman–Crippen LogP) is 3.86. The summed E-state index contributed by atoms with van der Waals surface area (Å²) >= 11 is 0. The monoisotopic (exact) mass is 284 g/mol. The van der Waals surface area contributed by atoms with Gasteiger partial charge in [0.15, 0.2) is 0 Å². The molecular formula is C17H24N4.